The summed E-state index contributed by atoms with van der Waals surface area (Å²) in [6.45, 7) is -1.54. The number of carbonyl (C=O) groups is 2. The second-order valence-electron chi connectivity index (χ2n) is 4.02. The van der Waals surface area contributed by atoms with Crippen molar-refractivity contribution >= 4 is 33.6 Å². The molecule has 0 saturated carbocycles. The third-order valence-electron chi connectivity index (χ3n) is 2.41. The summed E-state index contributed by atoms with van der Waals surface area (Å²) in [7, 11) is 0. The molecule has 0 bridgehead atoms. The Kier molecular flexibility index (Phi) is 6.50. The van der Waals surface area contributed by atoms with Gasteiger partial charge in [0.05, 0.1) is 18.7 Å². The Hall–Kier alpha value is -1.74. The molecule has 1 aromatic carbocycles. The highest BCUT2D eigenvalue weighted by atomic mass is 79.9. The number of urea groups is 1. The average molecular weight is 367 g/mol. The molecular weight excluding hydrogens is 354 g/mol. The fourth-order valence-corrected chi connectivity index (χ4v) is 2.04. The molecule has 0 spiro atoms. The highest BCUT2D eigenvalue weighted by molar-refractivity contribution is 9.10. The zero-order valence-corrected chi connectivity index (χ0v) is 12.3. The van der Waals surface area contributed by atoms with Crippen LogP contribution in [0.3, 0.4) is 0 Å². The van der Waals surface area contributed by atoms with E-state index in [0.717, 1.165) is 4.90 Å². The van der Waals surface area contributed by atoms with Crippen LogP contribution in [0.5, 0.6) is 0 Å². The second-order valence-corrected chi connectivity index (χ2v) is 4.94. The first-order chi connectivity index (χ1) is 9.83. The van der Waals surface area contributed by atoms with Gasteiger partial charge in [0.15, 0.2) is 0 Å². The number of carboxylic acid groups (broad SMARTS) is 1. The van der Waals surface area contributed by atoms with E-state index in [9.17, 15) is 18.4 Å². The quantitative estimate of drug-likeness (QED) is 0.720. The lowest BCUT2D eigenvalue weighted by Gasteiger charge is -2.21. The van der Waals surface area contributed by atoms with Crippen molar-refractivity contribution in [1.29, 1.82) is 0 Å². The van der Waals surface area contributed by atoms with Crippen molar-refractivity contribution in [3.05, 3.63) is 28.2 Å². The molecule has 6 nitrogen and oxygen atoms in total. The van der Waals surface area contributed by atoms with Crippen LogP contribution in [0, 0.1) is 0 Å². The van der Waals surface area contributed by atoms with E-state index in [4.69, 9.17) is 10.2 Å². The van der Waals surface area contributed by atoms with Crippen LogP contribution in [0.25, 0.3) is 0 Å². The molecule has 0 unspecified atom stereocenters. The summed E-state index contributed by atoms with van der Waals surface area (Å²) in [4.78, 5) is 23.5. The lowest BCUT2D eigenvalue weighted by molar-refractivity contribution is 0.0696. The van der Waals surface area contributed by atoms with E-state index >= 15 is 0 Å². The van der Waals surface area contributed by atoms with E-state index in [1.807, 2.05) is 0 Å². The van der Waals surface area contributed by atoms with E-state index in [1.54, 1.807) is 0 Å². The molecule has 21 heavy (non-hydrogen) atoms. The first-order valence-corrected chi connectivity index (χ1v) is 6.61. The molecule has 0 saturated heterocycles. The minimum atomic E-state index is -2.74. The van der Waals surface area contributed by atoms with Crippen LogP contribution in [0.4, 0.5) is 19.3 Å². The lowest BCUT2D eigenvalue weighted by atomic mass is 10.2. The van der Waals surface area contributed by atoms with Gasteiger partial charge in [-0.3, -0.25) is 0 Å². The van der Waals surface area contributed by atoms with Gasteiger partial charge in [-0.1, -0.05) is 15.9 Å². The number of hydrogen-bond donors (Lipinski definition) is 3. The van der Waals surface area contributed by atoms with Crippen molar-refractivity contribution in [2.75, 3.05) is 25.0 Å². The van der Waals surface area contributed by atoms with Crippen LogP contribution < -0.4 is 5.32 Å². The van der Waals surface area contributed by atoms with Crippen molar-refractivity contribution in [2.24, 2.45) is 0 Å². The summed E-state index contributed by atoms with van der Waals surface area (Å²) in [5.41, 5.74) is 0.0752. The first kappa shape index (κ1) is 17.3. The van der Waals surface area contributed by atoms with Gasteiger partial charge in [0.2, 0.25) is 0 Å². The number of anilines is 1. The third kappa shape index (κ3) is 5.64. The number of hydrogen-bond acceptors (Lipinski definition) is 3. The molecule has 2 amide bonds. The minimum absolute atomic E-state index is 0.0674. The number of nitrogens with one attached hydrogen (secondary N) is 1. The Morgan fingerprint density at radius 2 is 2.00 bits per heavy atom. The van der Waals surface area contributed by atoms with E-state index < -0.39 is 31.6 Å². The van der Waals surface area contributed by atoms with Crippen LogP contribution in [0.1, 0.15) is 10.4 Å². The highest BCUT2D eigenvalue weighted by Gasteiger charge is 2.18. The number of amides is 2. The van der Waals surface area contributed by atoms with Gasteiger partial charge in [-0.05, 0) is 18.2 Å². The summed E-state index contributed by atoms with van der Waals surface area (Å²) in [6, 6.07) is 3.12. The zero-order valence-electron chi connectivity index (χ0n) is 10.7. The first-order valence-electron chi connectivity index (χ1n) is 5.82. The molecule has 1 rings (SSSR count). The monoisotopic (exact) mass is 366 g/mol. The SMILES string of the molecule is O=C(O)c1cc(Br)cc(NC(=O)N(CCO)CC(F)F)c1. The van der Waals surface area contributed by atoms with Gasteiger partial charge in [-0.2, -0.15) is 0 Å². The third-order valence-corrected chi connectivity index (χ3v) is 2.87. The van der Waals surface area contributed by atoms with Crippen LogP contribution in [0.2, 0.25) is 0 Å². The van der Waals surface area contributed by atoms with Crippen molar-refractivity contribution in [3.63, 3.8) is 0 Å². The normalized spacial score (nSPS) is 10.5. The zero-order chi connectivity index (χ0) is 16.0. The maximum absolute atomic E-state index is 12.4. The number of aromatic carboxylic acids is 1. The molecule has 0 aromatic heterocycles. The maximum atomic E-state index is 12.4. The Bertz CT molecular complexity index is 528. The molecule has 3 N–H and O–H groups in total. The van der Waals surface area contributed by atoms with Crippen molar-refractivity contribution in [2.45, 2.75) is 6.43 Å². The van der Waals surface area contributed by atoms with Gasteiger partial charge >= 0.3 is 12.0 Å². The fraction of sp³-hybridized carbons (Fsp3) is 0.333. The average Bonchev–Trinajstić information content (AvgIpc) is 2.36. The van der Waals surface area contributed by atoms with Crippen LogP contribution in [-0.2, 0) is 0 Å². The molecule has 0 aliphatic heterocycles. The molecular formula is C12H13BrF2N2O4. The van der Waals surface area contributed by atoms with Crippen molar-refractivity contribution in [1.82, 2.24) is 4.90 Å². The summed E-state index contributed by atoms with van der Waals surface area (Å²) in [6.07, 6.45) is -2.74. The van der Waals surface area contributed by atoms with Gasteiger partial charge in [-0.25, -0.2) is 18.4 Å². The fourth-order valence-electron chi connectivity index (χ4n) is 1.55. The lowest BCUT2D eigenvalue weighted by Crippen LogP contribution is -2.40. The molecule has 9 heteroatoms. The summed E-state index contributed by atoms with van der Waals surface area (Å²) in [5, 5.41) is 20.0. The summed E-state index contributed by atoms with van der Waals surface area (Å²) in [5.74, 6) is -1.19. The largest absolute Gasteiger partial charge is 0.478 e. The molecule has 0 heterocycles. The van der Waals surface area contributed by atoms with Crippen LogP contribution >= 0.6 is 15.9 Å². The number of nitrogens with zero attached hydrogens (tertiary/aromatic N) is 1. The summed E-state index contributed by atoms with van der Waals surface area (Å²) < 4.78 is 25.1. The number of alkyl halides is 2. The van der Waals surface area contributed by atoms with Crippen LogP contribution in [-0.4, -0.2) is 53.2 Å². The van der Waals surface area contributed by atoms with E-state index in [1.165, 1.54) is 18.2 Å². The van der Waals surface area contributed by atoms with Crippen LogP contribution in [0.15, 0.2) is 22.7 Å². The number of carboxylic acids is 1. The van der Waals surface area contributed by atoms with Crippen molar-refractivity contribution < 1.29 is 28.6 Å². The molecule has 0 aliphatic rings. The topological polar surface area (TPSA) is 89.9 Å². The highest BCUT2D eigenvalue weighted by Crippen LogP contribution is 2.20. The Morgan fingerprint density at radius 1 is 1.33 bits per heavy atom. The molecule has 1 aromatic rings. The van der Waals surface area contributed by atoms with Gasteiger partial charge in [-0.15, -0.1) is 0 Å². The number of benzene rings is 1. The van der Waals surface area contributed by atoms with Gasteiger partial charge < -0.3 is 20.4 Å². The standard InChI is InChI=1S/C12H13BrF2N2O4/c13-8-3-7(11(19)20)4-9(5-8)16-12(21)17(1-2-18)6-10(14)15/h3-5,10,18H,1-2,6H2,(H,16,21)(H,19,20). The number of halogens is 3. The minimum Gasteiger partial charge on any atom is -0.478 e. The molecule has 0 fully saturated rings. The summed E-state index contributed by atoms with van der Waals surface area (Å²) >= 11 is 3.09. The molecule has 0 aliphatic carbocycles. The Labute approximate surface area is 127 Å². The van der Waals surface area contributed by atoms with Gasteiger partial charge in [0.1, 0.15) is 0 Å². The smallest absolute Gasteiger partial charge is 0.335 e. The van der Waals surface area contributed by atoms with Gasteiger partial charge in [0, 0.05) is 16.7 Å². The predicted molar refractivity (Wildman–Crippen MR) is 74.8 cm³/mol. The number of carbonyl (C=O) groups excluding carboxylic acids is 1. The van der Waals surface area contributed by atoms with Gasteiger partial charge in [0.25, 0.3) is 6.43 Å². The van der Waals surface area contributed by atoms with E-state index in [0.29, 0.717) is 4.47 Å². The number of aliphatic hydroxyl groups is 1. The number of rotatable bonds is 6. The number of aliphatic hydroxyl groups excluding tert-OH is 1. The Balaban J connectivity index is 2.87. The second kappa shape index (κ2) is 7.89. The Morgan fingerprint density at radius 3 is 2.52 bits per heavy atom. The van der Waals surface area contributed by atoms with E-state index in [-0.39, 0.29) is 17.8 Å². The molecule has 0 atom stereocenters. The van der Waals surface area contributed by atoms with Crippen molar-refractivity contribution in [3.8, 4) is 0 Å². The maximum Gasteiger partial charge on any atom is 0.335 e. The molecule has 116 valence electrons. The predicted octanol–water partition coefficient (Wildman–Crippen LogP) is 2.24. The molecule has 0 radical (unpaired) electrons. The van der Waals surface area contributed by atoms with E-state index in [2.05, 4.69) is 21.2 Å².